The number of thiocarbonyl (C=S) groups is 1. The second-order valence-corrected chi connectivity index (χ2v) is 2.26. The van der Waals surface area contributed by atoms with E-state index in [1.54, 1.807) is 0 Å². The number of hydrogen-bond acceptors (Lipinski definition) is 2. The van der Waals surface area contributed by atoms with Gasteiger partial charge in [-0.3, -0.25) is 0 Å². The van der Waals surface area contributed by atoms with Gasteiger partial charge in [0.1, 0.15) is 0 Å². The van der Waals surface area contributed by atoms with Crippen molar-refractivity contribution in [1.82, 2.24) is 5.32 Å². The first-order valence-corrected chi connectivity index (χ1v) is 4.12. The molecule has 0 bridgehead atoms. The lowest BCUT2D eigenvalue weighted by Crippen LogP contribution is -2.14. The molecule has 0 aliphatic heterocycles. The molecule has 0 aromatic rings. The van der Waals surface area contributed by atoms with Crippen LogP contribution in [0, 0.1) is 23.7 Å². The first kappa shape index (κ1) is 10.9. The van der Waals surface area contributed by atoms with Gasteiger partial charge in [-0.25, -0.2) is 0 Å². The van der Waals surface area contributed by atoms with E-state index in [4.69, 9.17) is 0 Å². The van der Waals surface area contributed by atoms with Crippen LogP contribution in [0.1, 0.15) is 6.92 Å². The summed E-state index contributed by atoms with van der Waals surface area (Å²) in [5, 5.41) is 4.46. The summed E-state index contributed by atoms with van der Waals surface area (Å²) in [5.74, 6) is 10.6. The minimum absolute atomic E-state index is 0.725. The van der Waals surface area contributed by atoms with E-state index in [1.807, 2.05) is 6.92 Å². The van der Waals surface area contributed by atoms with Gasteiger partial charge in [0, 0.05) is 12.1 Å². The highest BCUT2D eigenvalue weighted by Gasteiger charge is 1.83. The number of rotatable bonds is 3. The van der Waals surface area contributed by atoms with Crippen LogP contribution in [0.25, 0.3) is 0 Å². The lowest BCUT2D eigenvalue weighted by molar-refractivity contribution is 0.789. The standard InChI is InChI=1S/C10H11NS/c1-3-11-9-10(2)7-5-4-6-8-12/h8,11H,2-3,9H2,1H3. The molecule has 0 aliphatic carbocycles. The first-order valence-electron chi connectivity index (χ1n) is 3.65. The Balaban J connectivity index is 3.79. The number of nitrogens with one attached hydrogen (secondary N) is 1. The SMILES string of the molecule is C=C(C#CC#CC=S)CNCC. The van der Waals surface area contributed by atoms with Gasteiger partial charge in [0.25, 0.3) is 0 Å². The summed E-state index contributed by atoms with van der Waals surface area (Å²) in [6, 6.07) is 0. The van der Waals surface area contributed by atoms with Gasteiger partial charge in [-0.1, -0.05) is 31.6 Å². The normalized spacial score (nSPS) is 7.08. The average Bonchev–Trinajstić information content (AvgIpc) is 2.09. The number of hydrogen-bond donors (Lipinski definition) is 1. The Morgan fingerprint density at radius 2 is 2.33 bits per heavy atom. The van der Waals surface area contributed by atoms with E-state index in [0.717, 1.165) is 18.7 Å². The highest BCUT2D eigenvalue weighted by atomic mass is 32.1. The summed E-state index contributed by atoms with van der Waals surface area (Å²) in [7, 11) is 0. The van der Waals surface area contributed by atoms with Gasteiger partial charge in [-0.05, 0) is 24.3 Å². The van der Waals surface area contributed by atoms with Crippen molar-refractivity contribution in [2.24, 2.45) is 0 Å². The Labute approximate surface area is 79.2 Å². The second kappa shape index (κ2) is 8.01. The Bertz CT molecular complexity index is 270. The van der Waals surface area contributed by atoms with E-state index >= 15 is 0 Å². The van der Waals surface area contributed by atoms with E-state index in [0.29, 0.717) is 0 Å². The van der Waals surface area contributed by atoms with Crippen LogP contribution in [-0.4, -0.2) is 18.5 Å². The molecular weight excluding hydrogens is 166 g/mol. The monoisotopic (exact) mass is 177 g/mol. The summed E-state index contributed by atoms with van der Waals surface area (Å²) in [5.41, 5.74) is 0.843. The Hall–Kier alpha value is -1.09. The number of likely N-dealkylation sites (N-methyl/N-ethyl adjacent to an activating group) is 1. The third-order valence-corrected chi connectivity index (χ3v) is 1.14. The molecule has 0 radical (unpaired) electrons. The van der Waals surface area contributed by atoms with Gasteiger partial charge in [0.05, 0.1) is 5.37 Å². The molecule has 62 valence electrons. The van der Waals surface area contributed by atoms with Gasteiger partial charge in [-0.2, -0.15) is 0 Å². The molecule has 1 nitrogen and oxygen atoms in total. The molecule has 0 aromatic carbocycles. The molecule has 0 aliphatic rings. The van der Waals surface area contributed by atoms with Crippen LogP contribution in [-0.2, 0) is 0 Å². The highest BCUT2D eigenvalue weighted by molar-refractivity contribution is 7.79. The van der Waals surface area contributed by atoms with E-state index in [9.17, 15) is 0 Å². The molecule has 0 saturated carbocycles. The molecule has 0 saturated heterocycles. The van der Waals surface area contributed by atoms with Crippen molar-refractivity contribution in [2.45, 2.75) is 6.92 Å². The van der Waals surface area contributed by atoms with E-state index in [1.165, 1.54) is 5.37 Å². The zero-order valence-electron chi connectivity index (χ0n) is 7.11. The highest BCUT2D eigenvalue weighted by Crippen LogP contribution is 1.81. The van der Waals surface area contributed by atoms with Crippen molar-refractivity contribution in [3.63, 3.8) is 0 Å². The van der Waals surface area contributed by atoms with Gasteiger partial charge in [0.15, 0.2) is 0 Å². The molecule has 0 aromatic heterocycles. The lowest BCUT2D eigenvalue weighted by Gasteiger charge is -1.95. The lowest BCUT2D eigenvalue weighted by atomic mass is 10.3. The van der Waals surface area contributed by atoms with Gasteiger partial charge in [-0.15, -0.1) is 0 Å². The van der Waals surface area contributed by atoms with Crippen molar-refractivity contribution in [2.75, 3.05) is 13.1 Å². The maximum absolute atomic E-state index is 4.50. The van der Waals surface area contributed by atoms with Gasteiger partial charge >= 0.3 is 0 Å². The molecule has 2 heteroatoms. The zero-order chi connectivity index (χ0) is 9.23. The van der Waals surface area contributed by atoms with Crippen LogP contribution >= 0.6 is 12.2 Å². The van der Waals surface area contributed by atoms with Crippen molar-refractivity contribution in [3.8, 4) is 23.7 Å². The summed E-state index contributed by atoms with van der Waals surface area (Å²) in [6.07, 6.45) is 0. The molecule has 0 unspecified atom stereocenters. The van der Waals surface area contributed by atoms with Crippen molar-refractivity contribution in [1.29, 1.82) is 0 Å². The van der Waals surface area contributed by atoms with Crippen LogP contribution in [0.3, 0.4) is 0 Å². The smallest absolute Gasteiger partial charge is 0.0524 e. The third-order valence-electron chi connectivity index (χ3n) is 1.02. The molecular formula is C10H11NS. The molecule has 0 atom stereocenters. The van der Waals surface area contributed by atoms with Crippen LogP contribution < -0.4 is 5.32 Å². The maximum atomic E-state index is 4.50. The van der Waals surface area contributed by atoms with Crippen LogP contribution in [0.4, 0.5) is 0 Å². The van der Waals surface area contributed by atoms with Crippen molar-refractivity contribution < 1.29 is 0 Å². The maximum Gasteiger partial charge on any atom is 0.0524 e. The molecule has 12 heavy (non-hydrogen) atoms. The predicted molar refractivity (Wildman–Crippen MR) is 56.9 cm³/mol. The molecule has 1 N–H and O–H groups in total. The molecule has 0 rings (SSSR count). The molecule has 0 spiro atoms. The minimum Gasteiger partial charge on any atom is -0.312 e. The largest absolute Gasteiger partial charge is 0.312 e. The quantitative estimate of drug-likeness (QED) is 0.513. The molecule has 0 heterocycles. The summed E-state index contributed by atoms with van der Waals surface area (Å²) < 4.78 is 0. The van der Waals surface area contributed by atoms with Gasteiger partial charge in [0.2, 0.25) is 0 Å². The minimum atomic E-state index is 0.725. The van der Waals surface area contributed by atoms with E-state index < -0.39 is 0 Å². The first-order chi connectivity index (χ1) is 5.81. The fraction of sp³-hybridized carbons (Fsp3) is 0.300. The van der Waals surface area contributed by atoms with Crippen LogP contribution in [0.2, 0.25) is 0 Å². The molecule has 0 amide bonds. The summed E-state index contributed by atoms with van der Waals surface area (Å²) >= 11 is 4.50. The second-order valence-electron chi connectivity index (χ2n) is 2.02. The average molecular weight is 177 g/mol. The van der Waals surface area contributed by atoms with E-state index in [2.05, 4.69) is 47.8 Å². The van der Waals surface area contributed by atoms with E-state index in [-0.39, 0.29) is 0 Å². The zero-order valence-corrected chi connectivity index (χ0v) is 7.92. The third kappa shape index (κ3) is 7.02. The van der Waals surface area contributed by atoms with Crippen molar-refractivity contribution in [3.05, 3.63) is 12.2 Å². The van der Waals surface area contributed by atoms with Crippen LogP contribution in [0.15, 0.2) is 12.2 Å². The van der Waals surface area contributed by atoms with Crippen molar-refractivity contribution >= 4 is 17.6 Å². The fourth-order valence-corrected chi connectivity index (χ4v) is 0.564. The Morgan fingerprint density at radius 1 is 1.58 bits per heavy atom. The van der Waals surface area contributed by atoms with Gasteiger partial charge < -0.3 is 5.32 Å². The summed E-state index contributed by atoms with van der Waals surface area (Å²) in [6.45, 7) is 7.43. The Kier molecular flexibility index (Phi) is 7.28. The predicted octanol–water partition coefficient (Wildman–Crippen LogP) is 1.16. The topological polar surface area (TPSA) is 12.0 Å². The Morgan fingerprint density at radius 3 is 2.92 bits per heavy atom. The molecule has 0 fully saturated rings. The van der Waals surface area contributed by atoms with Crippen LogP contribution in [0.5, 0.6) is 0 Å². The fourth-order valence-electron chi connectivity index (χ4n) is 0.505. The summed E-state index contributed by atoms with van der Waals surface area (Å²) in [4.78, 5) is 0.